The summed E-state index contributed by atoms with van der Waals surface area (Å²) in [5.41, 5.74) is 5.42. The lowest BCUT2D eigenvalue weighted by Gasteiger charge is -2.58. The van der Waals surface area contributed by atoms with Gasteiger partial charge in [0, 0.05) is 37.9 Å². The number of rotatable bonds is 1. The lowest BCUT2D eigenvalue weighted by molar-refractivity contribution is -0.148. The Balaban J connectivity index is 1.33. The topological polar surface area (TPSA) is 68.2 Å². The first-order valence-electron chi connectivity index (χ1n) is 12.8. The molecule has 6 nitrogen and oxygen atoms in total. The molecule has 0 aromatic carbocycles. The fourth-order valence-corrected chi connectivity index (χ4v) is 8.70. The summed E-state index contributed by atoms with van der Waals surface area (Å²) >= 11 is 0. The van der Waals surface area contributed by atoms with E-state index in [0.29, 0.717) is 30.9 Å². The minimum absolute atomic E-state index is 0.0227. The van der Waals surface area contributed by atoms with Gasteiger partial charge < -0.3 is 14.5 Å². The molecule has 7 atom stereocenters. The summed E-state index contributed by atoms with van der Waals surface area (Å²) in [6.45, 7) is 9.42. The van der Waals surface area contributed by atoms with E-state index in [1.807, 2.05) is 0 Å². The van der Waals surface area contributed by atoms with Gasteiger partial charge in [-0.2, -0.15) is 0 Å². The molecule has 0 aromatic rings. The van der Waals surface area contributed by atoms with Crippen LogP contribution in [0.5, 0.6) is 0 Å². The predicted octanol–water partition coefficient (Wildman–Crippen LogP) is 4.61. The molecular weight excluding hydrogens is 416 g/mol. The summed E-state index contributed by atoms with van der Waals surface area (Å²) in [6, 6.07) is 0. The highest BCUT2D eigenvalue weighted by Gasteiger charge is 2.61. The standard InChI is InChI=1S/C27H36N2O4/c1-15(30)29-13-17-14-32-28-24(17)21-12-23-20-6-5-18-11-19(33-16(2)31)7-9-26(18,3)22(20)8-10-27(23,4)25(21)29/h5,17,19-20,22-23H,6-14H2,1-4H3/t17-,19+,20-,22+,23+,26+,27+/m1/s1. The first-order valence-corrected chi connectivity index (χ1v) is 12.8. The molecule has 178 valence electrons. The number of ether oxygens (including phenoxy) is 1. The normalized spacial score (nSPS) is 43.3. The van der Waals surface area contributed by atoms with Crippen molar-refractivity contribution in [3.63, 3.8) is 0 Å². The van der Waals surface area contributed by atoms with Crippen LogP contribution in [-0.4, -0.2) is 41.7 Å². The van der Waals surface area contributed by atoms with Gasteiger partial charge in [-0.3, -0.25) is 9.59 Å². The number of allylic oxidation sites excluding steroid dienone is 3. The molecule has 2 heterocycles. The third-order valence-electron chi connectivity index (χ3n) is 10.2. The zero-order chi connectivity index (χ0) is 23.1. The van der Waals surface area contributed by atoms with Crippen molar-refractivity contribution in [2.45, 2.75) is 78.7 Å². The minimum Gasteiger partial charge on any atom is -0.462 e. The molecule has 33 heavy (non-hydrogen) atoms. The number of fused-ring (bicyclic) bond motifs is 8. The average Bonchev–Trinajstić information content (AvgIpc) is 3.35. The second-order valence-corrected chi connectivity index (χ2v) is 11.8. The van der Waals surface area contributed by atoms with E-state index in [-0.39, 0.29) is 34.7 Å². The van der Waals surface area contributed by atoms with Crippen molar-refractivity contribution < 1.29 is 19.2 Å². The Hall–Kier alpha value is -2.11. The highest BCUT2D eigenvalue weighted by Crippen LogP contribution is 2.67. The molecular formula is C27H36N2O4. The molecule has 0 aromatic heterocycles. The fraction of sp³-hybridized carbons (Fsp3) is 0.741. The largest absolute Gasteiger partial charge is 0.462 e. The second kappa shape index (κ2) is 7.19. The SMILES string of the molecule is CC(=O)O[C@H]1CC[C@@]2(C)C(=CC[C@@H]3[C@@H]2CC[C@]2(C)C4=C(C[C@@H]32)C2=NOC[C@H]2CN4C(C)=O)C1. The third kappa shape index (κ3) is 2.94. The average molecular weight is 453 g/mol. The Labute approximate surface area is 196 Å². The van der Waals surface area contributed by atoms with Crippen LogP contribution >= 0.6 is 0 Å². The summed E-state index contributed by atoms with van der Waals surface area (Å²) in [7, 11) is 0. The number of hydrogen-bond donors (Lipinski definition) is 0. The fourth-order valence-electron chi connectivity index (χ4n) is 8.70. The number of carbonyl (C=O) groups is 2. The quantitative estimate of drug-likeness (QED) is 0.430. The van der Waals surface area contributed by atoms with E-state index in [0.717, 1.165) is 44.2 Å². The molecule has 0 N–H and O–H groups in total. The molecule has 2 fully saturated rings. The van der Waals surface area contributed by atoms with Gasteiger partial charge in [0.1, 0.15) is 12.7 Å². The lowest BCUT2D eigenvalue weighted by Crippen LogP contribution is -2.52. The zero-order valence-corrected chi connectivity index (χ0v) is 20.4. The van der Waals surface area contributed by atoms with Crippen LogP contribution < -0.4 is 0 Å². The molecule has 6 rings (SSSR count). The number of esters is 1. The predicted molar refractivity (Wildman–Crippen MR) is 124 cm³/mol. The highest BCUT2D eigenvalue weighted by molar-refractivity contribution is 6.05. The summed E-state index contributed by atoms with van der Waals surface area (Å²) in [5.74, 6) is 2.01. The monoisotopic (exact) mass is 452 g/mol. The van der Waals surface area contributed by atoms with Gasteiger partial charge in [0.25, 0.3) is 0 Å². The highest BCUT2D eigenvalue weighted by atomic mass is 16.6. The Morgan fingerprint density at radius 3 is 2.67 bits per heavy atom. The van der Waals surface area contributed by atoms with E-state index in [1.165, 1.54) is 30.2 Å². The first-order chi connectivity index (χ1) is 15.7. The lowest BCUT2D eigenvalue weighted by atomic mass is 9.47. The van der Waals surface area contributed by atoms with E-state index < -0.39 is 0 Å². The van der Waals surface area contributed by atoms with Gasteiger partial charge in [-0.05, 0) is 67.3 Å². The molecule has 0 saturated heterocycles. The van der Waals surface area contributed by atoms with E-state index in [1.54, 1.807) is 6.92 Å². The maximum absolute atomic E-state index is 12.7. The Bertz CT molecular complexity index is 1010. The molecule has 6 heteroatoms. The maximum Gasteiger partial charge on any atom is 0.302 e. The molecule has 6 aliphatic rings. The summed E-state index contributed by atoms with van der Waals surface area (Å²) < 4.78 is 5.60. The van der Waals surface area contributed by atoms with Crippen molar-refractivity contribution in [2.75, 3.05) is 13.2 Å². The van der Waals surface area contributed by atoms with Crippen LogP contribution in [0.1, 0.15) is 72.6 Å². The summed E-state index contributed by atoms with van der Waals surface area (Å²) in [6.07, 6.45) is 9.90. The Morgan fingerprint density at radius 2 is 1.91 bits per heavy atom. The van der Waals surface area contributed by atoms with Gasteiger partial charge in [-0.1, -0.05) is 30.7 Å². The molecule has 1 amide bonds. The molecule has 2 saturated carbocycles. The van der Waals surface area contributed by atoms with E-state index in [4.69, 9.17) is 9.57 Å². The maximum atomic E-state index is 12.7. The molecule has 0 bridgehead atoms. The number of nitrogens with zero attached hydrogens (tertiary/aromatic N) is 2. The van der Waals surface area contributed by atoms with Crippen LogP contribution in [0.2, 0.25) is 0 Å². The van der Waals surface area contributed by atoms with Crippen LogP contribution in [0.4, 0.5) is 0 Å². The molecule has 2 aliphatic heterocycles. The van der Waals surface area contributed by atoms with Crippen molar-refractivity contribution in [1.82, 2.24) is 4.90 Å². The van der Waals surface area contributed by atoms with Crippen LogP contribution in [0.3, 0.4) is 0 Å². The van der Waals surface area contributed by atoms with Crippen molar-refractivity contribution in [3.8, 4) is 0 Å². The van der Waals surface area contributed by atoms with E-state index >= 15 is 0 Å². The van der Waals surface area contributed by atoms with Gasteiger partial charge in [-0.25, -0.2) is 0 Å². The Kier molecular flexibility index (Phi) is 4.67. The van der Waals surface area contributed by atoms with Gasteiger partial charge in [-0.15, -0.1) is 0 Å². The van der Waals surface area contributed by atoms with Crippen LogP contribution in [0.15, 0.2) is 28.1 Å². The zero-order valence-electron chi connectivity index (χ0n) is 20.4. The number of hydrogen-bond acceptors (Lipinski definition) is 5. The van der Waals surface area contributed by atoms with Gasteiger partial charge in [0.2, 0.25) is 5.91 Å². The van der Waals surface area contributed by atoms with Crippen molar-refractivity contribution in [3.05, 3.63) is 22.9 Å². The Morgan fingerprint density at radius 1 is 1.12 bits per heavy atom. The van der Waals surface area contributed by atoms with Crippen molar-refractivity contribution in [1.29, 1.82) is 0 Å². The molecule has 0 unspecified atom stereocenters. The van der Waals surface area contributed by atoms with Crippen molar-refractivity contribution >= 4 is 17.6 Å². The van der Waals surface area contributed by atoms with Crippen LogP contribution in [0, 0.1) is 34.5 Å². The van der Waals surface area contributed by atoms with Crippen molar-refractivity contribution in [2.24, 2.45) is 39.7 Å². The minimum atomic E-state index is -0.166. The van der Waals surface area contributed by atoms with E-state index in [2.05, 4.69) is 30.0 Å². The number of oxime groups is 1. The summed E-state index contributed by atoms with van der Waals surface area (Å²) in [4.78, 5) is 31.9. The molecule has 0 spiro atoms. The van der Waals surface area contributed by atoms with Crippen LogP contribution in [-0.2, 0) is 19.2 Å². The molecule has 0 radical (unpaired) electrons. The first kappa shape index (κ1) is 21.4. The number of amides is 1. The van der Waals surface area contributed by atoms with Gasteiger partial charge in [0.15, 0.2) is 0 Å². The molecule has 4 aliphatic carbocycles. The third-order valence-corrected chi connectivity index (χ3v) is 10.2. The summed E-state index contributed by atoms with van der Waals surface area (Å²) in [5, 5.41) is 4.47. The number of carbonyl (C=O) groups excluding carboxylic acids is 2. The smallest absolute Gasteiger partial charge is 0.302 e. The van der Waals surface area contributed by atoms with Gasteiger partial charge in [0.05, 0.1) is 11.6 Å². The second-order valence-electron chi connectivity index (χ2n) is 11.8. The van der Waals surface area contributed by atoms with Gasteiger partial charge >= 0.3 is 5.97 Å². The van der Waals surface area contributed by atoms with E-state index in [9.17, 15) is 9.59 Å². The van der Waals surface area contributed by atoms with Crippen LogP contribution in [0.25, 0.3) is 0 Å².